The Morgan fingerprint density at radius 1 is 1.24 bits per heavy atom. The largest absolute Gasteiger partial charge is 0.465 e. The molecule has 0 bridgehead atoms. The van der Waals surface area contributed by atoms with Crippen LogP contribution in [0.15, 0.2) is 30.3 Å². The first-order chi connectivity index (χ1) is 8.09. The molecule has 0 fully saturated rings. The molecule has 0 heterocycles. The average Bonchev–Trinajstić information content (AvgIpc) is 2.32. The van der Waals surface area contributed by atoms with E-state index in [1.54, 1.807) is 38.1 Å². The molecule has 0 spiro atoms. The van der Waals surface area contributed by atoms with Gasteiger partial charge >= 0.3 is 5.97 Å². The average molecular weight is 235 g/mol. The van der Waals surface area contributed by atoms with Gasteiger partial charge in [-0.15, -0.1) is 0 Å². The summed E-state index contributed by atoms with van der Waals surface area (Å²) in [6.07, 6.45) is 0.283. The lowest BCUT2D eigenvalue weighted by molar-refractivity contribution is -0.154. The van der Waals surface area contributed by atoms with E-state index in [0.29, 0.717) is 5.56 Å². The summed E-state index contributed by atoms with van der Waals surface area (Å²) in [5.41, 5.74) is 4.61. The molecule has 0 saturated heterocycles. The lowest BCUT2D eigenvalue weighted by atomic mass is 9.77. The Balaban J connectivity index is 3.28. The molecule has 0 unspecified atom stereocenters. The number of carbonyl (C=O) groups excluding carboxylic acids is 2. The molecule has 1 rings (SSSR count). The highest BCUT2D eigenvalue weighted by atomic mass is 16.5. The van der Waals surface area contributed by atoms with Crippen LogP contribution < -0.4 is 5.73 Å². The zero-order valence-electron chi connectivity index (χ0n) is 10.1. The van der Waals surface area contributed by atoms with E-state index in [9.17, 15) is 9.59 Å². The van der Waals surface area contributed by atoms with Gasteiger partial charge in [0.15, 0.2) is 5.41 Å². The number of benzene rings is 1. The Morgan fingerprint density at radius 3 is 2.24 bits per heavy atom. The fourth-order valence-electron chi connectivity index (χ4n) is 1.86. The van der Waals surface area contributed by atoms with Crippen LogP contribution in [0.2, 0.25) is 0 Å². The van der Waals surface area contributed by atoms with Crippen molar-refractivity contribution in [3.8, 4) is 0 Å². The van der Waals surface area contributed by atoms with Crippen LogP contribution in [0, 0.1) is 0 Å². The maximum Gasteiger partial charge on any atom is 0.326 e. The zero-order chi connectivity index (χ0) is 12.9. The van der Waals surface area contributed by atoms with E-state index in [1.165, 1.54) is 0 Å². The van der Waals surface area contributed by atoms with Crippen molar-refractivity contribution in [2.75, 3.05) is 6.61 Å². The van der Waals surface area contributed by atoms with E-state index in [0.717, 1.165) is 0 Å². The van der Waals surface area contributed by atoms with E-state index in [1.807, 2.05) is 6.07 Å². The maximum absolute atomic E-state index is 12.0. The van der Waals surface area contributed by atoms with Gasteiger partial charge in [0.2, 0.25) is 5.91 Å². The summed E-state index contributed by atoms with van der Waals surface area (Å²) in [4.78, 5) is 23.7. The van der Waals surface area contributed by atoms with Crippen LogP contribution in [0.4, 0.5) is 0 Å². The molecule has 1 atom stereocenters. The van der Waals surface area contributed by atoms with Crippen molar-refractivity contribution in [1.82, 2.24) is 0 Å². The van der Waals surface area contributed by atoms with Crippen LogP contribution in [0.5, 0.6) is 0 Å². The summed E-state index contributed by atoms with van der Waals surface area (Å²) in [7, 11) is 0. The fourth-order valence-corrected chi connectivity index (χ4v) is 1.86. The molecule has 17 heavy (non-hydrogen) atoms. The lowest BCUT2D eigenvalue weighted by Crippen LogP contribution is -2.48. The second-order valence-corrected chi connectivity index (χ2v) is 3.71. The molecule has 0 aliphatic rings. The monoisotopic (exact) mass is 235 g/mol. The lowest BCUT2D eigenvalue weighted by Gasteiger charge is -2.27. The van der Waals surface area contributed by atoms with Crippen molar-refractivity contribution in [1.29, 1.82) is 0 Å². The number of nitrogens with two attached hydrogens (primary N) is 1. The zero-order valence-corrected chi connectivity index (χ0v) is 10.1. The minimum Gasteiger partial charge on any atom is -0.465 e. The molecule has 4 nitrogen and oxygen atoms in total. The molecule has 1 aromatic carbocycles. The van der Waals surface area contributed by atoms with Crippen LogP contribution in [0.1, 0.15) is 25.8 Å². The molecule has 4 heteroatoms. The topological polar surface area (TPSA) is 69.4 Å². The quantitative estimate of drug-likeness (QED) is 0.619. The number of rotatable bonds is 5. The van der Waals surface area contributed by atoms with Crippen LogP contribution in [0.25, 0.3) is 0 Å². The van der Waals surface area contributed by atoms with Gasteiger partial charge in [0.25, 0.3) is 0 Å². The molecule has 0 radical (unpaired) electrons. The van der Waals surface area contributed by atoms with Crippen LogP contribution in [-0.2, 0) is 19.7 Å². The molecule has 1 aromatic rings. The smallest absolute Gasteiger partial charge is 0.326 e. The number of amides is 1. The molecule has 2 N–H and O–H groups in total. The first-order valence-electron chi connectivity index (χ1n) is 5.62. The van der Waals surface area contributed by atoms with Crippen molar-refractivity contribution >= 4 is 11.9 Å². The fraction of sp³-hybridized carbons (Fsp3) is 0.385. The summed E-state index contributed by atoms with van der Waals surface area (Å²) in [6, 6.07) is 8.77. The normalized spacial score (nSPS) is 13.8. The summed E-state index contributed by atoms with van der Waals surface area (Å²) in [6.45, 7) is 3.67. The Labute approximate surface area is 101 Å². The Bertz CT molecular complexity index is 402. The van der Waals surface area contributed by atoms with Gasteiger partial charge in [-0.1, -0.05) is 37.3 Å². The van der Waals surface area contributed by atoms with Crippen molar-refractivity contribution in [3.63, 3.8) is 0 Å². The highest BCUT2D eigenvalue weighted by Gasteiger charge is 2.45. The molecule has 92 valence electrons. The second kappa shape index (κ2) is 5.48. The van der Waals surface area contributed by atoms with Crippen LogP contribution in [-0.4, -0.2) is 18.5 Å². The number of hydrogen-bond donors (Lipinski definition) is 1. The van der Waals surface area contributed by atoms with Crippen molar-refractivity contribution < 1.29 is 14.3 Å². The van der Waals surface area contributed by atoms with E-state index >= 15 is 0 Å². The van der Waals surface area contributed by atoms with Gasteiger partial charge in [-0.3, -0.25) is 9.59 Å². The SMILES string of the molecule is CCOC(=O)[C@@](CC)(C(N)=O)c1ccccc1. The van der Waals surface area contributed by atoms with E-state index in [-0.39, 0.29) is 13.0 Å². The Morgan fingerprint density at radius 2 is 1.82 bits per heavy atom. The predicted octanol–water partition coefficient (Wildman–Crippen LogP) is 1.38. The maximum atomic E-state index is 12.0. The molecule has 1 amide bonds. The molecule has 0 aliphatic carbocycles. The number of ether oxygens (including phenoxy) is 1. The van der Waals surface area contributed by atoms with E-state index < -0.39 is 17.3 Å². The third-order valence-corrected chi connectivity index (χ3v) is 2.84. The van der Waals surface area contributed by atoms with Crippen molar-refractivity contribution in [2.24, 2.45) is 5.73 Å². The van der Waals surface area contributed by atoms with Gasteiger partial charge < -0.3 is 10.5 Å². The number of carbonyl (C=O) groups is 2. The van der Waals surface area contributed by atoms with Gasteiger partial charge in [-0.2, -0.15) is 0 Å². The molecule has 0 saturated carbocycles. The van der Waals surface area contributed by atoms with Crippen molar-refractivity contribution in [2.45, 2.75) is 25.7 Å². The summed E-state index contributed by atoms with van der Waals surface area (Å²) in [5, 5.41) is 0. The third-order valence-electron chi connectivity index (χ3n) is 2.84. The second-order valence-electron chi connectivity index (χ2n) is 3.71. The number of primary amides is 1. The van der Waals surface area contributed by atoms with Gasteiger partial charge in [-0.05, 0) is 18.9 Å². The Hall–Kier alpha value is -1.84. The van der Waals surface area contributed by atoms with Crippen molar-refractivity contribution in [3.05, 3.63) is 35.9 Å². The standard InChI is InChI=1S/C13H17NO3/c1-3-13(11(14)15,12(16)17-4-2)10-8-6-5-7-9-10/h5-9H,3-4H2,1-2H3,(H2,14,15)/t13-/m1/s1. The van der Waals surface area contributed by atoms with Crippen LogP contribution >= 0.6 is 0 Å². The van der Waals surface area contributed by atoms with Gasteiger partial charge in [-0.25, -0.2) is 0 Å². The van der Waals surface area contributed by atoms with Gasteiger partial charge in [0.1, 0.15) is 0 Å². The highest BCUT2D eigenvalue weighted by Crippen LogP contribution is 2.29. The summed E-state index contributed by atoms with van der Waals surface area (Å²) < 4.78 is 4.97. The van der Waals surface area contributed by atoms with Gasteiger partial charge in [0, 0.05) is 0 Å². The minimum atomic E-state index is -1.38. The number of esters is 1. The molecular weight excluding hydrogens is 218 g/mol. The van der Waals surface area contributed by atoms with Crippen LogP contribution in [0.3, 0.4) is 0 Å². The summed E-state index contributed by atoms with van der Waals surface area (Å²) in [5.74, 6) is -1.26. The predicted molar refractivity (Wildman–Crippen MR) is 64.2 cm³/mol. The number of hydrogen-bond acceptors (Lipinski definition) is 3. The Kier molecular flexibility index (Phi) is 4.26. The summed E-state index contributed by atoms with van der Waals surface area (Å²) >= 11 is 0. The van der Waals surface area contributed by atoms with E-state index in [4.69, 9.17) is 10.5 Å². The molecular formula is C13H17NO3. The first-order valence-corrected chi connectivity index (χ1v) is 5.62. The van der Waals surface area contributed by atoms with E-state index in [2.05, 4.69) is 0 Å². The first kappa shape index (κ1) is 13.2. The van der Waals surface area contributed by atoms with Gasteiger partial charge in [0.05, 0.1) is 6.61 Å². The minimum absolute atomic E-state index is 0.223. The highest BCUT2D eigenvalue weighted by molar-refractivity contribution is 6.08. The third kappa shape index (κ3) is 2.30. The molecule has 0 aromatic heterocycles. The molecule has 0 aliphatic heterocycles.